The van der Waals surface area contributed by atoms with Gasteiger partial charge < -0.3 is 0 Å². The quantitative estimate of drug-likeness (QED) is 0.673. The van der Waals surface area contributed by atoms with E-state index in [4.69, 9.17) is 11.6 Å². The van der Waals surface area contributed by atoms with Crippen molar-refractivity contribution < 1.29 is 0 Å². The minimum atomic E-state index is -0.590. The van der Waals surface area contributed by atoms with Gasteiger partial charge in [-0.2, -0.15) is 0 Å². The highest BCUT2D eigenvalue weighted by molar-refractivity contribution is 9.10. The van der Waals surface area contributed by atoms with Crippen LogP contribution in [0.2, 0.25) is 5.15 Å². The first-order valence-electron chi connectivity index (χ1n) is 6.05. The highest BCUT2D eigenvalue weighted by Crippen LogP contribution is 2.21. The fourth-order valence-electron chi connectivity index (χ4n) is 2.11. The molecule has 0 atom stereocenters. The van der Waals surface area contributed by atoms with E-state index in [-0.39, 0.29) is 10.7 Å². The molecule has 21 heavy (non-hydrogen) atoms. The molecule has 2 heterocycles. The molecule has 1 aromatic carbocycles. The lowest BCUT2D eigenvalue weighted by Gasteiger charge is -2.09. The van der Waals surface area contributed by atoms with Gasteiger partial charge in [0.15, 0.2) is 0 Å². The van der Waals surface area contributed by atoms with E-state index in [2.05, 4.69) is 25.9 Å². The van der Waals surface area contributed by atoms with E-state index in [9.17, 15) is 9.59 Å². The van der Waals surface area contributed by atoms with Gasteiger partial charge in [0.05, 0.1) is 16.8 Å². The fraction of sp³-hybridized carbons (Fsp3) is 0.0714. The summed E-state index contributed by atoms with van der Waals surface area (Å²) in [4.78, 5) is 31.2. The number of H-pyrrole nitrogens is 1. The Kier molecular flexibility index (Phi) is 3.43. The van der Waals surface area contributed by atoms with Crippen LogP contribution < -0.4 is 11.2 Å². The van der Waals surface area contributed by atoms with E-state index < -0.39 is 11.2 Å². The van der Waals surface area contributed by atoms with Gasteiger partial charge in [-0.1, -0.05) is 23.7 Å². The second kappa shape index (κ2) is 5.13. The molecule has 0 saturated carbocycles. The molecule has 2 aromatic heterocycles. The number of rotatable bonds is 1. The van der Waals surface area contributed by atoms with Crippen LogP contribution >= 0.6 is 27.5 Å². The number of aromatic nitrogens is 3. The van der Waals surface area contributed by atoms with Crippen molar-refractivity contribution >= 4 is 38.4 Å². The average molecular weight is 367 g/mol. The Labute approximate surface area is 132 Å². The summed E-state index contributed by atoms with van der Waals surface area (Å²) in [5.41, 5.74) is 0.222. The summed E-state index contributed by atoms with van der Waals surface area (Å²) in [5, 5.41) is 0.873. The van der Waals surface area contributed by atoms with Gasteiger partial charge in [0.1, 0.15) is 5.15 Å². The van der Waals surface area contributed by atoms with Crippen molar-refractivity contribution in [3.8, 4) is 5.69 Å². The summed E-state index contributed by atoms with van der Waals surface area (Å²) in [5.74, 6) is 0. The van der Waals surface area contributed by atoms with Crippen LogP contribution in [-0.4, -0.2) is 14.5 Å². The van der Waals surface area contributed by atoms with Crippen molar-refractivity contribution in [2.75, 3.05) is 0 Å². The lowest BCUT2D eigenvalue weighted by atomic mass is 10.2. The summed E-state index contributed by atoms with van der Waals surface area (Å²) < 4.78 is 1.87. The van der Waals surface area contributed by atoms with Crippen molar-refractivity contribution in [3.05, 3.63) is 66.5 Å². The molecule has 0 saturated heterocycles. The van der Waals surface area contributed by atoms with E-state index in [0.29, 0.717) is 11.2 Å². The topological polar surface area (TPSA) is 67.8 Å². The van der Waals surface area contributed by atoms with Crippen LogP contribution in [0.15, 0.2) is 44.5 Å². The number of nitrogens with one attached hydrogen (secondary N) is 1. The Morgan fingerprint density at radius 1 is 1.33 bits per heavy atom. The van der Waals surface area contributed by atoms with Crippen molar-refractivity contribution in [2.24, 2.45) is 0 Å². The molecule has 0 amide bonds. The van der Waals surface area contributed by atoms with Crippen LogP contribution in [0.5, 0.6) is 0 Å². The first-order chi connectivity index (χ1) is 9.99. The van der Waals surface area contributed by atoms with E-state index in [1.165, 1.54) is 0 Å². The van der Waals surface area contributed by atoms with E-state index >= 15 is 0 Å². The number of halogens is 2. The molecule has 0 aliphatic heterocycles. The molecule has 0 bridgehead atoms. The van der Waals surface area contributed by atoms with Gasteiger partial charge in [-0.05, 0) is 35.0 Å². The van der Waals surface area contributed by atoms with Crippen molar-refractivity contribution in [1.29, 1.82) is 0 Å². The molecule has 0 aliphatic carbocycles. The van der Waals surface area contributed by atoms with Gasteiger partial charge in [-0.15, -0.1) is 0 Å². The number of nitrogens with zero attached hydrogens (tertiary/aromatic N) is 2. The van der Waals surface area contributed by atoms with Gasteiger partial charge in [-0.25, -0.2) is 9.36 Å². The molecule has 7 heteroatoms. The number of pyridine rings is 1. The minimum Gasteiger partial charge on any atom is -0.297 e. The third-order valence-corrected chi connectivity index (χ3v) is 3.98. The number of hydrogen-bond donors (Lipinski definition) is 1. The van der Waals surface area contributed by atoms with Gasteiger partial charge in [0, 0.05) is 16.1 Å². The molecule has 0 spiro atoms. The Morgan fingerprint density at radius 3 is 2.86 bits per heavy atom. The second-order valence-electron chi connectivity index (χ2n) is 4.51. The smallest absolute Gasteiger partial charge is 0.297 e. The zero-order chi connectivity index (χ0) is 15.1. The molecule has 3 aromatic rings. The Balaban J connectivity index is 2.45. The molecule has 0 unspecified atom stereocenters. The fourth-order valence-corrected chi connectivity index (χ4v) is 2.63. The number of aromatic amines is 1. The van der Waals surface area contributed by atoms with Crippen molar-refractivity contribution in [1.82, 2.24) is 14.5 Å². The summed E-state index contributed by atoms with van der Waals surface area (Å²) in [7, 11) is 0. The third-order valence-electron chi connectivity index (χ3n) is 3.17. The predicted octanol–water partition coefficient (Wildman–Crippen LogP) is 2.80. The summed E-state index contributed by atoms with van der Waals surface area (Å²) in [6, 6.07) is 7.17. The summed E-state index contributed by atoms with van der Waals surface area (Å²) in [6.07, 6.45) is 1.62. The SMILES string of the molecule is Cc1c(Cl)[nH]c(=O)n(-c2cccc3cc(Br)cnc23)c1=O. The third kappa shape index (κ3) is 2.30. The predicted molar refractivity (Wildman–Crippen MR) is 85.4 cm³/mol. The zero-order valence-corrected chi connectivity index (χ0v) is 13.2. The summed E-state index contributed by atoms with van der Waals surface area (Å²) >= 11 is 9.17. The van der Waals surface area contributed by atoms with E-state index in [1.54, 1.807) is 25.3 Å². The Bertz CT molecular complexity index is 978. The van der Waals surface area contributed by atoms with Crippen LogP contribution in [0, 0.1) is 6.92 Å². The molecule has 0 aliphatic rings. The first kappa shape index (κ1) is 14.0. The van der Waals surface area contributed by atoms with Crippen LogP contribution in [0.4, 0.5) is 0 Å². The lowest BCUT2D eigenvalue weighted by molar-refractivity contribution is 0.863. The molecular weight excluding hydrogens is 358 g/mol. The van der Waals surface area contributed by atoms with Crippen LogP contribution in [0.3, 0.4) is 0 Å². The van der Waals surface area contributed by atoms with E-state index in [0.717, 1.165) is 14.4 Å². The molecule has 3 rings (SSSR count). The molecule has 0 fully saturated rings. The normalized spacial score (nSPS) is 11.0. The van der Waals surface area contributed by atoms with Crippen LogP contribution in [-0.2, 0) is 0 Å². The standard InChI is InChI=1S/C14H9BrClN3O2/c1-7-12(16)18-14(21)19(13(7)20)10-4-2-3-8-5-9(15)6-17-11(8)10/h2-6H,1H3,(H,18,21). The van der Waals surface area contributed by atoms with Gasteiger partial charge in [0.25, 0.3) is 5.56 Å². The van der Waals surface area contributed by atoms with Gasteiger partial charge >= 0.3 is 5.69 Å². The number of benzene rings is 1. The monoisotopic (exact) mass is 365 g/mol. The van der Waals surface area contributed by atoms with Crippen molar-refractivity contribution in [2.45, 2.75) is 6.92 Å². The maximum atomic E-state index is 12.3. The van der Waals surface area contributed by atoms with Gasteiger partial charge in [-0.3, -0.25) is 14.8 Å². The zero-order valence-electron chi connectivity index (χ0n) is 10.9. The number of fused-ring (bicyclic) bond motifs is 1. The van der Waals surface area contributed by atoms with E-state index in [1.807, 2.05) is 12.1 Å². The molecule has 0 radical (unpaired) electrons. The van der Waals surface area contributed by atoms with Crippen molar-refractivity contribution in [3.63, 3.8) is 0 Å². The molecular formula is C14H9BrClN3O2. The maximum Gasteiger partial charge on any atom is 0.334 e. The number of hydrogen-bond acceptors (Lipinski definition) is 3. The highest BCUT2D eigenvalue weighted by atomic mass is 79.9. The molecule has 106 valence electrons. The first-order valence-corrected chi connectivity index (χ1v) is 7.22. The Morgan fingerprint density at radius 2 is 2.10 bits per heavy atom. The van der Waals surface area contributed by atoms with Crippen LogP contribution in [0.25, 0.3) is 16.6 Å². The minimum absolute atomic E-state index is 0.0530. The number of para-hydroxylation sites is 1. The second-order valence-corrected chi connectivity index (χ2v) is 5.81. The maximum absolute atomic E-state index is 12.3. The lowest BCUT2D eigenvalue weighted by Crippen LogP contribution is -2.35. The Hall–Kier alpha value is -1.92. The highest BCUT2D eigenvalue weighted by Gasteiger charge is 2.13. The average Bonchev–Trinajstić information content (AvgIpc) is 2.45. The van der Waals surface area contributed by atoms with Gasteiger partial charge in [0.2, 0.25) is 0 Å². The van der Waals surface area contributed by atoms with Crippen LogP contribution in [0.1, 0.15) is 5.56 Å². The molecule has 5 nitrogen and oxygen atoms in total. The largest absolute Gasteiger partial charge is 0.334 e. The molecule has 1 N–H and O–H groups in total. The summed E-state index contributed by atoms with van der Waals surface area (Å²) in [6.45, 7) is 1.56.